The molecule has 0 radical (unpaired) electrons. The van der Waals surface area contributed by atoms with Crippen LogP contribution in [0.25, 0.3) is 0 Å². The first kappa shape index (κ1) is 16.2. The molecule has 2 N–H and O–H groups in total. The lowest BCUT2D eigenvalue weighted by Gasteiger charge is -2.23. The lowest BCUT2D eigenvalue weighted by Crippen LogP contribution is -2.30. The SMILES string of the molecule is N#Cc1cc2c(nc1N1C[C@@H]3CNC(=O)[C@@H]3C1)CCCC2.O=CO. The number of amides is 1. The van der Waals surface area contributed by atoms with Crippen LogP contribution in [0.4, 0.5) is 5.82 Å². The largest absolute Gasteiger partial charge is 0.483 e. The molecule has 2 atom stereocenters. The van der Waals surface area contributed by atoms with Crippen molar-refractivity contribution in [2.24, 2.45) is 11.8 Å². The third-order valence-corrected chi connectivity index (χ3v) is 5.02. The predicted molar refractivity (Wildman–Crippen MR) is 86.5 cm³/mol. The summed E-state index contributed by atoms with van der Waals surface area (Å²) in [5.74, 6) is 1.37. The van der Waals surface area contributed by atoms with Crippen LogP contribution in [0.1, 0.15) is 29.7 Å². The van der Waals surface area contributed by atoms with Crippen LogP contribution in [0, 0.1) is 23.2 Å². The number of hydrogen-bond donors (Lipinski definition) is 2. The molecule has 1 aromatic heterocycles. The molecule has 4 rings (SSSR count). The molecule has 0 bridgehead atoms. The molecule has 1 aromatic rings. The monoisotopic (exact) mass is 328 g/mol. The minimum atomic E-state index is -0.250. The summed E-state index contributed by atoms with van der Waals surface area (Å²) >= 11 is 0. The number of carboxylic acid groups (broad SMARTS) is 1. The van der Waals surface area contributed by atoms with Crippen molar-refractivity contribution in [2.45, 2.75) is 25.7 Å². The average Bonchev–Trinajstić information content (AvgIpc) is 3.16. The summed E-state index contributed by atoms with van der Waals surface area (Å²) in [6, 6.07) is 4.31. The van der Waals surface area contributed by atoms with Crippen LogP contribution in [0.15, 0.2) is 6.07 Å². The van der Waals surface area contributed by atoms with E-state index < -0.39 is 0 Å². The zero-order valence-corrected chi connectivity index (χ0v) is 13.4. The zero-order chi connectivity index (χ0) is 17.1. The number of anilines is 1. The molecule has 1 aliphatic carbocycles. The minimum absolute atomic E-state index is 0.0642. The summed E-state index contributed by atoms with van der Waals surface area (Å²) in [7, 11) is 0. The standard InChI is InChI=1S/C16H18N4O.CH2O2/c17-6-11-5-10-3-1-2-4-14(10)19-15(11)20-8-12-7-18-16(21)13(12)9-20;2-1-3/h5,12-13H,1-4,7-9H2,(H,18,21);1H,(H,2,3)/t12-,13+;/m0./s1. The van der Waals surface area contributed by atoms with Crippen molar-refractivity contribution < 1.29 is 14.7 Å². The molecule has 24 heavy (non-hydrogen) atoms. The molecule has 0 unspecified atom stereocenters. The van der Waals surface area contributed by atoms with E-state index in [2.05, 4.69) is 16.3 Å². The maximum atomic E-state index is 11.8. The summed E-state index contributed by atoms with van der Waals surface area (Å²) in [6.07, 6.45) is 4.41. The molecule has 7 heteroatoms. The molecule has 2 saturated heterocycles. The van der Waals surface area contributed by atoms with Gasteiger partial charge in [0.25, 0.3) is 6.47 Å². The average molecular weight is 328 g/mol. The number of rotatable bonds is 1. The highest BCUT2D eigenvalue weighted by molar-refractivity contribution is 5.83. The molecule has 126 valence electrons. The van der Waals surface area contributed by atoms with Gasteiger partial charge < -0.3 is 15.3 Å². The number of aryl methyl sites for hydroxylation is 2. The van der Waals surface area contributed by atoms with E-state index in [4.69, 9.17) is 14.9 Å². The number of aromatic nitrogens is 1. The van der Waals surface area contributed by atoms with E-state index in [9.17, 15) is 10.1 Å². The molecule has 0 saturated carbocycles. The van der Waals surface area contributed by atoms with Gasteiger partial charge in [0.2, 0.25) is 5.91 Å². The topological polar surface area (TPSA) is 106 Å². The molecule has 7 nitrogen and oxygen atoms in total. The quantitative estimate of drug-likeness (QED) is 0.736. The summed E-state index contributed by atoms with van der Waals surface area (Å²) in [4.78, 5) is 27.1. The Kier molecular flexibility index (Phi) is 4.65. The van der Waals surface area contributed by atoms with Crippen molar-refractivity contribution in [2.75, 3.05) is 24.5 Å². The van der Waals surface area contributed by atoms with Crippen LogP contribution in [0.5, 0.6) is 0 Å². The maximum Gasteiger partial charge on any atom is 0.290 e. The first-order valence-corrected chi connectivity index (χ1v) is 8.21. The Morgan fingerprint density at radius 3 is 2.83 bits per heavy atom. The fraction of sp³-hybridized carbons (Fsp3) is 0.529. The first-order chi connectivity index (χ1) is 11.7. The summed E-state index contributed by atoms with van der Waals surface area (Å²) < 4.78 is 0. The zero-order valence-electron chi connectivity index (χ0n) is 13.4. The van der Waals surface area contributed by atoms with Crippen molar-refractivity contribution in [3.63, 3.8) is 0 Å². The second kappa shape index (κ2) is 6.87. The smallest absolute Gasteiger partial charge is 0.290 e. The summed E-state index contributed by atoms with van der Waals surface area (Å²) in [5.41, 5.74) is 3.05. The van der Waals surface area contributed by atoms with Crippen LogP contribution in [0.2, 0.25) is 0 Å². The number of nitriles is 1. The van der Waals surface area contributed by atoms with E-state index >= 15 is 0 Å². The lowest BCUT2D eigenvalue weighted by molar-refractivity contribution is -0.123. The van der Waals surface area contributed by atoms with E-state index in [0.29, 0.717) is 18.0 Å². The maximum absolute atomic E-state index is 11.8. The second-order valence-corrected chi connectivity index (χ2v) is 6.41. The van der Waals surface area contributed by atoms with E-state index in [1.807, 2.05) is 6.07 Å². The molecular weight excluding hydrogens is 308 g/mol. The van der Waals surface area contributed by atoms with E-state index in [0.717, 1.165) is 37.4 Å². The molecule has 2 aliphatic heterocycles. The molecule has 3 aliphatic rings. The fourth-order valence-corrected chi connectivity index (χ4v) is 3.86. The van der Waals surface area contributed by atoms with Gasteiger partial charge in [0, 0.05) is 31.2 Å². The van der Waals surface area contributed by atoms with Crippen molar-refractivity contribution >= 4 is 18.2 Å². The van der Waals surface area contributed by atoms with E-state index in [-0.39, 0.29) is 18.3 Å². The van der Waals surface area contributed by atoms with Gasteiger partial charge in [0.1, 0.15) is 11.9 Å². The van der Waals surface area contributed by atoms with Gasteiger partial charge in [-0.1, -0.05) is 0 Å². The number of pyridine rings is 1. The van der Waals surface area contributed by atoms with Gasteiger partial charge in [-0.05, 0) is 37.3 Å². The van der Waals surface area contributed by atoms with Crippen molar-refractivity contribution in [3.05, 3.63) is 22.9 Å². The highest BCUT2D eigenvalue weighted by atomic mass is 16.3. The number of carbonyl (C=O) groups is 2. The van der Waals surface area contributed by atoms with Gasteiger partial charge in [0.05, 0.1) is 11.5 Å². The molecule has 0 aromatic carbocycles. The third kappa shape index (κ3) is 2.92. The number of carbonyl (C=O) groups excluding carboxylic acids is 1. The van der Waals surface area contributed by atoms with Gasteiger partial charge in [0.15, 0.2) is 0 Å². The highest BCUT2D eigenvalue weighted by Gasteiger charge is 2.43. The van der Waals surface area contributed by atoms with Crippen molar-refractivity contribution in [1.82, 2.24) is 10.3 Å². The van der Waals surface area contributed by atoms with E-state index in [1.165, 1.54) is 18.4 Å². The minimum Gasteiger partial charge on any atom is -0.483 e. The fourth-order valence-electron chi connectivity index (χ4n) is 3.86. The molecule has 3 heterocycles. The Balaban J connectivity index is 0.000000526. The number of nitrogens with zero attached hydrogens (tertiary/aromatic N) is 3. The Morgan fingerprint density at radius 2 is 2.12 bits per heavy atom. The van der Waals surface area contributed by atoms with Crippen LogP contribution >= 0.6 is 0 Å². The highest BCUT2D eigenvalue weighted by Crippen LogP contribution is 2.33. The lowest BCUT2D eigenvalue weighted by atomic mass is 9.95. The number of hydrogen-bond acceptors (Lipinski definition) is 5. The predicted octanol–water partition coefficient (Wildman–Crippen LogP) is 0.715. The van der Waals surface area contributed by atoms with Gasteiger partial charge in [-0.15, -0.1) is 0 Å². The van der Waals surface area contributed by atoms with Gasteiger partial charge in [-0.3, -0.25) is 9.59 Å². The molecule has 0 spiro atoms. The van der Waals surface area contributed by atoms with Gasteiger partial charge in [-0.25, -0.2) is 4.98 Å². The Labute approximate surface area is 140 Å². The van der Waals surface area contributed by atoms with Crippen molar-refractivity contribution in [3.8, 4) is 6.07 Å². The normalized spacial score (nSPS) is 24.1. The van der Waals surface area contributed by atoms with Crippen LogP contribution in [0.3, 0.4) is 0 Å². The molecule has 1 amide bonds. The number of nitrogens with one attached hydrogen (secondary N) is 1. The second-order valence-electron chi connectivity index (χ2n) is 6.41. The van der Waals surface area contributed by atoms with Crippen LogP contribution in [-0.2, 0) is 22.4 Å². The van der Waals surface area contributed by atoms with Crippen molar-refractivity contribution in [1.29, 1.82) is 5.26 Å². The molecular formula is C17H20N4O3. The Hall–Kier alpha value is -2.62. The third-order valence-electron chi connectivity index (χ3n) is 5.02. The summed E-state index contributed by atoms with van der Waals surface area (Å²) in [6.45, 7) is 2.02. The number of fused-ring (bicyclic) bond motifs is 2. The Morgan fingerprint density at radius 1 is 1.38 bits per heavy atom. The van der Waals surface area contributed by atoms with Crippen LogP contribution in [-0.4, -0.2) is 42.1 Å². The molecule has 2 fully saturated rings. The van der Waals surface area contributed by atoms with Gasteiger partial charge in [-0.2, -0.15) is 5.26 Å². The summed E-state index contributed by atoms with van der Waals surface area (Å²) in [5, 5.41) is 19.2. The van der Waals surface area contributed by atoms with Crippen LogP contribution < -0.4 is 10.2 Å². The van der Waals surface area contributed by atoms with Gasteiger partial charge >= 0.3 is 0 Å². The first-order valence-electron chi connectivity index (χ1n) is 8.21. The Bertz CT molecular complexity index is 698. The van der Waals surface area contributed by atoms with E-state index in [1.54, 1.807) is 0 Å².